The summed E-state index contributed by atoms with van der Waals surface area (Å²) in [6.07, 6.45) is -1.06. The standard InChI is InChI=1S/C13H19FN2O3.ClH/c1-19-11(7-15)6-13(18)16-8-12(17)9-2-4-10(14)5-3-9;/h2-5,11-12,17H,6-8,15H2,1H3,(H,16,18);1H. The van der Waals surface area contributed by atoms with Gasteiger partial charge in [-0.2, -0.15) is 0 Å². The second-order valence-corrected chi connectivity index (χ2v) is 4.17. The van der Waals surface area contributed by atoms with Crippen LogP contribution < -0.4 is 11.1 Å². The molecule has 7 heteroatoms. The normalized spacial score (nSPS) is 13.2. The highest BCUT2D eigenvalue weighted by molar-refractivity contribution is 5.85. The van der Waals surface area contributed by atoms with Crippen molar-refractivity contribution in [3.05, 3.63) is 35.6 Å². The van der Waals surface area contributed by atoms with Crippen LogP contribution in [0.4, 0.5) is 4.39 Å². The van der Waals surface area contributed by atoms with Crippen LogP contribution in [0.15, 0.2) is 24.3 Å². The van der Waals surface area contributed by atoms with Crippen molar-refractivity contribution in [2.45, 2.75) is 18.6 Å². The SMILES string of the molecule is COC(CN)CC(=O)NCC(O)c1ccc(F)cc1.Cl. The fourth-order valence-electron chi connectivity index (χ4n) is 1.56. The van der Waals surface area contributed by atoms with Gasteiger partial charge >= 0.3 is 0 Å². The largest absolute Gasteiger partial charge is 0.387 e. The summed E-state index contributed by atoms with van der Waals surface area (Å²) >= 11 is 0. The Balaban J connectivity index is 0.00000361. The molecule has 0 fully saturated rings. The van der Waals surface area contributed by atoms with E-state index in [9.17, 15) is 14.3 Å². The van der Waals surface area contributed by atoms with Gasteiger partial charge in [0.1, 0.15) is 5.82 Å². The molecule has 114 valence electrons. The Morgan fingerprint density at radius 1 is 1.45 bits per heavy atom. The number of benzene rings is 1. The molecule has 1 rings (SSSR count). The third kappa shape index (κ3) is 6.29. The molecular weight excluding hydrogens is 287 g/mol. The van der Waals surface area contributed by atoms with Crippen molar-refractivity contribution >= 4 is 18.3 Å². The lowest BCUT2D eigenvalue weighted by Gasteiger charge is -2.15. The molecule has 4 N–H and O–H groups in total. The van der Waals surface area contributed by atoms with Gasteiger partial charge in [-0.25, -0.2) is 4.39 Å². The number of halogens is 2. The maximum absolute atomic E-state index is 12.7. The van der Waals surface area contributed by atoms with Gasteiger partial charge in [-0.15, -0.1) is 12.4 Å². The average molecular weight is 307 g/mol. The molecule has 0 aliphatic rings. The quantitative estimate of drug-likeness (QED) is 0.694. The van der Waals surface area contributed by atoms with Gasteiger partial charge in [-0.3, -0.25) is 4.79 Å². The number of aliphatic hydroxyl groups is 1. The Kier molecular flexibility index (Phi) is 9.07. The number of nitrogens with two attached hydrogens (primary N) is 1. The summed E-state index contributed by atoms with van der Waals surface area (Å²) in [5.74, 6) is -0.621. The van der Waals surface area contributed by atoms with Crippen molar-refractivity contribution in [1.29, 1.82) is 0 Å². The maximum Gasteiger partial charge on any atom is 0.222 e. The summed E-state index contributed by atoms with van der Waals surface area (Å²) in [4.78, 5) is 11.5. The van der Waals surface area contributed by atoms with Crippen LogP contribution in [0.2, 0.25) is 0 Å². The molecule has 5 nitrogen and oxygen atoms in total. The maximum atomic E-state index is 12.7. The highest BCUT2D eigenvalue weighted by atomic mass is 35.5. The molecule has 20 heavy (non-hydrogen) atoms. The lowest BCUT2D eigenvalue weighted by Crippen LogP contribution is -2.34. The van der Waals surface area contributed by atoms with Crippen LogP contribution in [-0.4, -0.2) is 37.3 Å². The number of hydrogen-bond acceptors (Lipinski definition) is 4. The van der Waals surface area contributed by atoms with Gasteiger partial charge < -0.3 is 20.9 Å². The zero-order valence-corrected chi connectivity index (χ0v) is 12.0. The van der Waals surface area contributed by atoms with Crippen molar-refractivity contribution < 1.29 is 19.0 Å². The smallest absolute Gasteiger partial charge is 0.222 e. The second-order valence-electron chi connectivity index (χ2n) is 4.17. The van der Waals surface area contributed by atoms with Gasteiger partial charge in [0.25, 0.3) is 0 Å². The fourth-order valence-corrected chi connectivity index (χ4v) is 1.56. The van der Waals surface area contributed by atoms with Crippen LogP contribution in [0.25, 0.3) is 0 Å². The van der Waals surface area contributed by atoms with Crippen LogP contribution in [0, 0.1) is 5.82 Å². The van der Waals surface area contributed by atoms with Gasteiger partial charge in [0.2, 0.25) is 5.91 Å². The number of methoxy groups -OCH3 is 1. The van der Waals surface area contributed by atoms with E-state index in [1.807, 2.05) is 0 Å². The van der Waals surface area contributed by atoms with Crippen molar-refractivity contribution in [3.63, 3.8) is 0 Å². The van der Waals surface area contributed by atoms with Crippen LogP contribution in [-0.2, 0) is 9.53 Å². The molecule has 0 saturated carbocycles. The molecule has 0 aromatic heterocycles. The third-order valence-corrected chi connectivity index (χ3v) is 2.76. The number of nitrogens with one attached hydrogen (secondary N) is 1. The second kappa shape index (κ2) is 9.66. The molecule has 0 spiro atoms. The molecule has 1 aromatic carbocycles. The van der Waals surface area contributed by atoms with E-state index in [0.717, 1.165) is 0 Å². The van der Waals surface area contributed by atoms with E-state index in [4.69, 9.17) is 10.5 Å². The Morgan fingerprint density at radius 2 is 2.05 bits per heavy atom. The van der Waals surface area contributed by atoms with E-state index < -0.39 is 6.10 Å². The molecule has 2 atom stereocenters. The predicted octanol–water partition coefficient (Wildman–Crippen LogP) is 0.761. The first kappa shape index (κ1) is 18.8. The molecule has 0 saturated heterocycles. The van der Waals surface area contributed by atoms with Crippen molar-refractivity contribution in [2.24, 2.45) is 5.73 Å². The highest BCUT2D eigenvalue weighted by Crippen LogP contribution is 2.12. The van der Waals surface area contributed by atoms with Gasteiger partial charge in [0.05, 0.1) is 18.6 Å². The minimum atomic E-state index is -0.872. The van der Waals surface area contributed by atoms with E-state index in [1.165, 1.54) is 31.4 Å². The van der Waals surface area contributed by atoms with Crippen molar-refractivity contribution in [3.8, 4) is 0 Å². The molecule has 1 amide bonds. The van der Waals surface area contributed by atoms with Gasteiger partial charge in [-0.1, -0.05) is 12.1 Å². The molecule has 0 aliphatic carbocycles. The lowest BCUT2D eigenvalue weighted by atomic mass is 10.1. The summed E-state index contributed by atoms with van der Waals surface area (Å²) < 4.78 is 17.7. The number of aliphatic hydroxyl groups excluding tert-OH is 1. The number of carbonyl (C=O) groups excluding carboxylic acids is 1. The van der Waals surface area contributed by atoms with Crippen LogP contribution in [0.3, 0.4) is 0 Å². The summed E-state index contributed by atoms with van der Waals surface area (Å²) in [7, 11) is 1.48. The van der Waals surface area contributed by atoms with Crippen molar-refractivity contribution in [2.75, 3.05) is 20.2 Å². The molecule has 0 aliphatic heterocycles. The fraction of sp³-hybridized carbons (Fsp3) is 0.462. The van der Waals surface area contributed by atoms with Gasteiger partial charge in [0.15, 0.2) is 0 Å². The molecule has 2 unspecified atom stereocenters. The van der Waals surface area contributed by atoms with Crippen LogP contribution >= 0.6 is 12.4 Å². The molecule has 0 heterocycles. The monoisotopic (exact) mass is 306 g/mol. The Bertz CT molecular complexity index is 399. The minimum Gasteiger partial charge on any atom is -0.387 e. The van der Waals surface area contributed by atoms with E-state index in [1.54, 1.807) is 0 Å². The first-order valence-corrected chi connectivity index (χ1v) is 6.00. The number of rotatable bonds is 7. The number of ether oxygens (including phenoxy) is 1. The van der Waals surface area contributed by atoms with Crippen LogP contribution in [0.5, 0.6) is 0 Å². The summed E-state index contributed by atoms with van der Waals surface area (Å²) in [5, 5.41) is 12.4. The molecule has 0 bridgehead atoms. The zero-order chi connectivity index (χ0) is 14.3. The summed E-state index contributed by atoms with van der Waals surface area (Å²) in [6, 6.07) is 5.47. The summed E-state index contributed by atoms with van der Waals surface area (Å²) in [5.41, 5.74) is 5.95. The van der Waals surface area contributed by atoms with E-state index in [0.29, 0.717) is 5.56 Å². The first-order valence-electron chi connectivity index (χ1n) is 6.00. The first-order chi connectivity index (χ1) is 9.06. The topological polar surface area (TPSA) is 84.6 Å². The van der Waals surface area contributed by atoms with E-state index >= 15 is 0 Å². The van der Waals surface area contributed by atoms with Crippen molar-refractivity contribution in [1.82, 2.24) is 5.32 Å². The highest BCUT2D eigenvalue weighted by Gasteiger charge is 2.13. The minimum absolute atomic E-state index is 0. The van der Waals surface area contributed by atoms with E-state index in [2.05, 4.69) is 5.32 Å². The predicted molar refractivity (Wildman–Crippen MR) is 76.1 cm³/mol. The Labute approximate surface area is 123 Å². The zero-order valence-electron chi connectivity index (χ0n) is 11.2. The third-order valence-electron chi connectivity index (χ3n) is 2.76. The summed E-state index contributed by atoms with van der Waals surface area (Å²) in [6.45, 7) is 0.315. The number of hydrogen-bond donors (Lipinski definition) is 3. The number of amides is 1. The molecule has 0 radical (unpaired) electrons. The average Bonchev–Trinajstić information content (AvgIpc) is 2.43. The number of carbonyl (C=O) groups is 1. The Hall–Kier alpha value is -1.21. The van der Waals surface area contributed by atoms with Crippen LogP contribution in [0.1, 0.15) is 18.1 Å². The van der Waals surface area contributed by atoms with Gasteiger partial charge in [0, 0.05) is 20.2 Å². The Morgan fingerprint density at radius 3 is 2.55 bits per heavy atom. The van der Waals surface area contributed by atoms with Gasteiger partial charge in [-0.05, 0) is 17.7 Å². The van der Waals surface area contributed by atoms with E-state index in [-0.39, 0.29) is 49.7 Å². The molecular formula is C13H20ClFN2O3. The molecule has 1 aromatic rings. The lowest BCUT2D eigenvalue weighted by molar-refractivity contribution is -0.123.